The van der Waals surface area contributed by atoms with Gasteiger partial charge in [0.2, 0.25) is 0 Å². The van der Waals surface area contributed by atoms with Gasteiger partial charge in [-0.15, -0.1) is 0 Å². The molecule has 4 nitrogen and oxygen atoms in total. The molecule has 1 amide bonds. The van der Waals surface area contributed by atoms with Crippen molar-refractivity contribution >= 4 is 23.0 Å². The number of nitrogens with one attached hydrogen (secondary N) is 1. The van der Waals surface area contributed by atoms with Crippen molar-refractivity contribution in [3.8, 4) is 0 Å². The molecule has 1 aliphatic rings. The Bertz CT molecular complexity index is 957. The van der Waals surface area contributed by atoms with E-state index in [0.29, 0.717) is 11.5 Å². The first kappa shape index (κ1) is 15.5. The molecular formula is C21H19N3O. The molecule has 0 saturated heterocycles. The highest BCUT2D eigenvalue weighted by molar-refractivity contribution is 6.06. The van der Waals surface area contributed by atoms with E-state index >= 15 is 0 Å². The lowest BCUT2D eigenvalue weighted by Crippen LogP contribution is -2.18. The fourth-order valence-electron chi connectivity index (χ4n) is 2.85. The van der Waals surface area contributed by atoms with E-state index in [1.807, 2.05) is 61.5 Å². The number of fused-ring (bicyclic) bond motifs is 1. The summed E-state index contributed by atoms with van der Waals surface area (Å²) in [6, 6.07) is 17.6. The number of amides is 1. The maximum Gasteiger partial charge on any atom is 0.272 e. The van der Waals surface area contributed by atoms with Crippen LogP contribution in [0.1, 0.15) is 45.9 Å². The summed E-state index contributed by atoms with van der Waals surface area (Å²) in [6.45, 7) is 2.04. The third kappa shape index (κ3) is 3.43. The van der Waals surface area contributed by atoms with Gasteiger partial charge in [0.15, 0.2) is 0 Å². The van der Waals surface area contributed by atoms with Crippen molar-refractivity contribution in [1.82, 2.24) is 10.4 Å². The van der Waals surface area contributed by atoms with Gasteiger partial charge in [0.1, 0.15) is 0 Å². The first-order valence-corrected chi connectivity index (χ1v) is 8.50. The number of rotatable bonds is 4. The van der Waals surface area contributed by atoms with Gasteiger partial charge in [-0.05, 0) is 37.5 Å². The van der Waals surface area contributed by atoms with Crippen molar-refractivity contribution in [2.45, 2.75) is 25.7 Å². The number of hydrogen-bond acceptors (Lipinski definition) is 3. The van der Waals surface area contributed by atoms with Crippen LogP contribution in [0.25, 0.3) is 10.9 Å². The lowest BCUT2D eigenvalue weighted by Gasteiger charge is -2.08. The van der Waals surface area contributed by atoms with E-state index in [0.717, 1.165) is 35.0 Å². The van der Waals surface area contributed by atoms with E-state index in [2.05, 4.69) is 10.5 Å². The highest BCUT2D eigenvalue weighted by Gasteiger charge is 2.26. The maximum absolute atomic E-state index is 12.6. The summed E-state index contributed by atoms with van der Waals surface area (Å²) in [5.41, 5.74) is 7.28. The highest BCUT2D eigenvalue weighted by atomic mass is 16.2. The minimum Gasteiger partial charge on any atom is -0.267 e. The summed E-state index contributed by atoms with van der Waals surface area (Å²) in [5, 5.41) is 4.96. The Morgan fingerprint density at radius 3 is 2.68 bits per heavy atom. The van der Waals surface area contributed by atoms with Gasteiger partial charge in [0.25, 0.3) is 5.91 Å². The van der Waals surface area contributed by atoms with Crippen LogP contribution < -0.4 is 5.43 Å². The van der Waals surface area contributed by atoms with Crippen molar-refractivity contribution in [1.29, 1.82) is 0 Å². The Kier molecular flexibility index (Phi) is 4.02. The fourth-order valence-corrected chi connectivity index (χ4v) is 2.85. The Morgan fingerprint density at radius 2 is 1.92 bits per heavy atom. The molecule has 1 aromatic heterocycles. The fraction of sp³-hybridized carbons (Fsp3) is 0.190. The van der Waals surface area contributed by atoms with Crippen LogP contribution in [0.3, 0.4) is 0 Å². The second-order valence-corrected chi connectivity index (χ2v) is 6.50. The standard InChI is InChI=1S/C21H19N3O/c1-14-6-8-15(9-7-14)13-22-24-21(25)18-12-20(16-10-11-16)23-19-5-3-2-4-17(18)19/h2-9,12-13,16H,10-11H2,1H3,(H,24,25)/b22-13-. The zero-order chi connectivity index (χ0) is 17.2. The molecule has 1 N–H and O–H groups in total. The van der Waals surface area contributed by atoms with Crippen LogP contribution in [-0.2, 0) is 0 Å². The molecule has 1 fully saturated rings. The van der Waals surface area contributed by atoms with Gasteiger partial charge in [-0.3, -0.25) is 9.78 Å². The number of hydrazone groups is 1. The number of aromatic nitrogens is 1. The summed E-state index contributed by atoms with van der Waals surface area (Å²) < 4.78 is 0. The number of hydrogen-bond donors (Lipinski definition) is 1. The van der Waals surface area contributed by atoms with Gasteiger partial charge in [0, 0.05) is 17.0 Å². The molecule has 4 heteroatoms. The van der Waals surface area contributed by atoms with E-state index in [9.17, 15) is 4.79 Å². The van der Waals surface area contributed by atoms with Crippen molar-refractivity contribution in [3.63, 3.8) is 0 Å². The second kappa shape index (κ2) is 6.48. The smallest absolute Gasteiger partial charge is 0.267 e. The van der Waals surface area contributed by atoms with Crippen molar-refractivity contribution < 1.29 is 4.79 Å². The van der Waals surface area contributed by atoms with Crippen LogP contribution in [0.4, 0.5) is 0 Å². The van der Waals surface area contributed by atoms with Crippen LogP contribution in [0.5, 0.6) is 0 Å². The van der Waals surface area contributed by atoms with Crippen LogP contribution in [-0.4, -0.2) is 17.1 Å². The summed E-state index contributed by atoms with van der Waals surface area (Å²) in [5.74, 6) is 0.288. The van der Waals surface area contributed by atoms with Gasteiger partial charge in [-0.2, -0.15) is 5.10 Å². The average molecular weight is 329 g/mol. The Balaban J connectivity index is 1.59. The molecule has 0 spiro atoms. The Morgan fingerprint density at radius 1 is 1.16 bits per heavy atom. The summed E-state index contributed by atoms with van der Waals surface area (Å²) >= 11 is 0. The molecular weight excluding hydrogens is 310 g/mol. The van der Waals surface area contributed by atoms with Gasteiger partial charge >= 0.3 is 0 Å². The normalized spacial score (nSPS) is 14.1. The van der Waals surface area contributed by atoms with Crippen molar-refractivity contribution in [2.24, 2.45) is 5.10 Å². The lowest BCUT2D eigenvalue weighted by molar-refractivity contribution is 0.0956. The molecule has 0 aliphatic heterocycles. The van der Waals surface area contributed by atoms with E-state index < -0.39 is 0 Å². The SMILES string of the molecule is Cc1ccc(/C=N\NC(=O)c2cc(C3CC3)nc3ccccc23)cc1. The van der Waals surface area contributed by atoms with E-state index in [4.69, 9.17) is 4.98 Å². The number of pyridine rings is 1. The highest BCUT2D eigenvalue weighted by Crippen LogP contribution is 2.40. The first-order chi connectivity index (χ1) is 12.2. The third-order valence-electron chi connectivity index (χ3n) is 4.43. The van der Waals surface area contributed by atoms with Crippen molar-refractivity contribution in [2.75, 3.05) is 0 Å². The van der Waals surface area contributed by atoms with Gasteiger partial charge in [-0.25, -0.2) is 5.43 Å². The molecule has 3 aromatic rings. The number of aryl methyl sites for hydroxylation is 1. The monoisotopic (exact) mass is 329 g/mol. The molecule has 25 heavy (non-hydrogen) atoms. The second-order valence-electron chi connectivity index (χ2n) is 6.50. The number of carbonyl (C=O) groups excluding carboxylic acids is 1. The van der Waals surface area contributed by atoms with Crippen LogP contribution in [0, 0.1) is 6.92 Å². The molecule has 4 rings (SSSR count). The number of nitrogens with zero attached hydrogens (tertiary/aromatic N) is 2. The Labute approximate surface area is 146 Å². The number of carbonyl (C=O) groups is 1. The summed E-state index contributed by atoms with van der Waals surface area (Å²) in [4.78, 5) is 17.3. The van der Waals surface area contributed by atoms with E-state index in [-0.39, 0.29) is 5.91 Å². The maximum atomic E-state index is 12.6. The minimum atomic E-state index is -0.205. The van der Waals surface area contributed by atoms with Crippen molar-refractivity contribution in [3.05, 3.63) is 77.0 Å². The molecule has 2 aromatic carbocycles. The molecule has 124 valence electrons. The van der Waals surface area contributed by atoms with Gasteiger partial charge in [0.05, 0.1) is 17.3 Å². The number of benzene rings is 2. The molecule has 1 aliphatic carbocycles. The zero-order valence-electron chi connectivity index (χ0n) is 14.1. The first-order valence-electron chi connectivity index (χ1n) is 8.50. The molecule has 0 bridgehead atoms. The quantitative estimate of drug-likeness (QED) is 0.576. The van der Waals surface area contributed by atoms with Gasteiger partial charge in [-0.1, -0.05) is 48.0 Å². The van der Waals surface area contributed by atoms with Crippen LogP contribution >= 0.6 is 0 Å². The van der Waals surface area contributed by atoms with Crippen LogP contribution in [0.15, 0.2) is 59.7 Å². The molecule has 0 unspecified atom stereocenters. The predicted octanol–water partition coefficient (Wildman–Crippen LogP) is 4.18. The lowest BCUT2D eigenvalue weighted by atomic mass is 10.1. The third-order valence-corrected chi connectivity index (χ3v) is 4.43. The summed E-state index contributed by atoms with van der Waals surface area (Å²) in [7, 11) is 0. The molecule has 1 saturated carbocycles. The minimum absolute atomic E-state index is 0.205. The van der Waals surface area contributed by atoms with Crippen LogP contribution in [0.2, 0.25) is 0 Å². The molecule has 0 atom stereocenters. The van der Waals surface area contributed by atoms with E-state index in [1.165, 1.54) is 5.56 Å². The predicted molar refractivity (Wildman–Crippen MR) is 100.0 cm³/mol. The zero-order valence-corrected chi connectivity index (χ0v) is 14.1. The largest absolute Gasteiger partial charge is 0.272 e. The molecule has 0 radical (unpaired) electrons. The topological polar surface area (TPSA) is 54.4 Å². The summed E-state index contributed by atoms with van der Waals surface area (Å²) in [6.07, 6.45) is 3.96. The Hall–Kier alpha value is -3.01. The average Bonchev–Trinajstić information content (AvgIpc) is 3.47. The number of para-hydroxylation sites is 1. The molecule has 1 heterocycles. The van der Waals surface area contributed by atoms with E-state index in [1.54, 1.807) is 6.21 Å². The van der Waals surface area contributed by atoms with Gasteiger partial charge < -0.3 is 0 Å².